The van der Waals surface area contributed by atoms with Gasteiger partial charge in [0.2, 0.25) is 0 Å². The van der Waals surface area contributed by atoms with Gasteiger partial charge in [-0.25, -0.2) is 0 Å². The maximum Gasteiger partial charge on any atom is 0.384 e. The third-order valence-electron chi connectivity index (χ3n) is 5.84. The second-order valence-corrected chi connectivity index (χ2v) is 9.53. The van der Waals surface area contributed by atoms with Crippen LogP contribution in [0.4, 0.5) is 5.69 Å². The molecule has 0 aliphatic rings. The molecule has 0 spiro atoms. The van der Waals surface area contributed by atoms with E-state index in [2.05, 4.69) is 22.9 Å². The average Bonchev–Trinajstić information content (AvgIpc) is 3.03. The van der Waals surface area contributed by atoms with E-state index < -0.39 is 8.24 Å². The SMILES string of the molecule is COc1ccc(SNc2cc3c(op(O)oc4ccc5ccccc5c43)c3ccccc23)cc1. The highest BCUT2D eigenvalue weighted by atomic mass is 32.2. The quantitative estimate of drug-likeness (QED) is 0.244. The lowest BCUT2D eigenvalue weighted by Crippen LogP contribution is -1.90. The number of methoxy groups -OCH3 is 1. The fourth-order valence-corrected chi connectivity index (χ4v) is 5.64. The van der Waals surface area contributed by atoms with Gasteiger partial charge in [0.15, 0.2) is 5.58 Å². The van der Waals surface area contributed by atoms with E-state index in [1.54, 1.807) is 7.11 Å². The second kappa shape index (κ2) is 8.65. The van der Waals surface area contributed by atoms with Crippen LogP contribution in [0.2, 0.25) is 0 Å². The van der Waals surface area contributed by atoms with Crippen molar-refractivity contribution >= 4 is 69.4 Å². The van der Waals surface area contributed by atoms with Crippen LogP contribution in [0.3, 0.4) is 0 Å². The van der Waals surface area contributed by atoms with Crippen LogP contribution < -0.4 is 9.46 Å². The Labute approximate surface area is 200 Å². The second-order valence-electron chi connectivity index (χ2n) is 7.81. The number of hydrogen-bond donors (Lipinski definition) is 2. The first-order valence-electron chi connectivity index (χ1n) is 10.7. The zero-order chi connectivity index (χ0) is 23.1. The Hall–Kier alpha value is -3.57. The summed E-state index contributed by atoms with van der Waals surface area (Å²) < 4.78 is 20.6. The molecule has 168 valence electrons. The monoisotopic (exact) mass is 485 g/mol. The molecular formula is C27H20NO4PS. The molecule has 0 bridgehead atoms. The molecule has 5 nitrogen and oxygen atoms in total. The molecule has 2 N–H and O–H groups in total. The lowest BCUT2D eigenvalue weighted by Gasteiger charge is -2.12. The maximum atomic E-state index is 10.6. The molecule has 34 heavy (non-hydrogen) atoms. The van der Waals surface area contributed by atoms with Gasteiger partial charge in [0.1, 0.15) is 11.3 Å². The summed E-state index contributed by atoms with van der Waals surface area (Å²) in [6, 6.07) is 30.1. The van der Waals surface area contributed by atoms with Crippen molar-refractivity contribution in [1.82, 2.24) is 0 Å². The Balaban J connectivity index is 1.64. The average molecular weight is 486 g/mol. The highest BCUT2D eigenvalue weighted by Gasteiger charge is 2.14. The lowest BCUT2D eigenvalue weighted by atomic mass is 9.99. The minimum Gasteiger partial charge on any atom is -0.497 e. The number of rotatable bonds is 4. The standard InChI is InChI=1S/C27H20NO4PS/c1-30-18-11-13-19(14-12-18)34-28-24-16-23-26-20-7-3-2-6-17(20)10-15-25(26)31-33(29)32-27(23)22-9-5-4-8-21(22)24/h2-16,28-29H,1H3. The van der Waals surface area contributed by atoms with E-state index in [-0.39, 0.29) is 0 Å². The van der Waals surface area contributed by atoms with Crippen molar-refractivity contribution in [1.29, 1.82) is 0 Å². The molecule has 1 aromatic heterocycles. The van der Waals surface area contributed by atoms with Gasteiger partial charge in [-0.3, -0.25) is 4.89 Å². The van der Waals surface area contributed by atoms with E-state index >= 15 is 0 Å². The summed E-state index contributed by atoms with van der Waals surface area (Å²) in [6.07, 6.45) is 0. The fraction of sp³-hybridized carbons (Fsp3) is 0.0370. The smallest absolute Gasteiger partial charge is 0.384 e. The predicted octanol–water partition coefficient (Wildman–Crippen LogP) is 8.48. The normalized spacial score (nSPS) is 11.9. The van der Waals surface area contributed by atoms with Gasteiger partial charge in [-0.1, -0.05) is 54.6 Å². The van der Waals surface area contributed by atoms with Crippen molar-refractivity contribution in [2.75, 3.05) is 11.8 Å². The lowest BCUT2D eigenvalue weighted by molar-refractivity contribution is 0.414. The zero-order valence-corrected chi connectivity index (χ0v) is 19.9. The molecule has 5 aromatic carbocycles. The molecule has 7 heteroatoms. The number of ether oxygens (including phenoxy) is 1. The molecule has 6 aromatic rings. The van der Waals surface area contributed by atoms with Crippen LogP contribution in [0.25, 0.3) is 43.5 Å². The zero-order valence-electron chi connectivity index (χ0n) is 18.2. The first kappa shape index (κ1) is 21.0. The maximum absolute atomic E-state index is 10.6. The van der Waals surface area contributed by atoms with Crippen LogP contribution in [0.5, 0.6) is 5.75 Å². The Morgan fingerprint density at radius 3 is 2.32 bits per heavy atom. The van der Waals surface area contributed by atoms with Gasteiger partial charge in [0, 0.05) is 26.4 Å². The van der Waals surface area contributed by atoms with Crippen molar-refractivity contribution in [3.8, 4) is 5.75 Å². The summed E-state index contributed by atoms with van der Waals surface area (Å²) >= 11 is 1.53. The molecule has 1 atom stereocenters. The largest absolute Gasteiger partial charge is 0.497 e. The van der Waals surface area contributed by atoms with Crippen molar-refractivity contribution in [2.45, 2.75) is 4.90 Å². The summed E-state index contributed by atoms with van der Waals surface area (Å²) in [5, 5.41) is 5.82. The van der Waals surface area contributed by atoms with E-state index in [0.29, 0.717) is 11.2 Å². The van der Waals surface area contributed by atoms with Gasteiger partial charge < -0.3 is 17.9 Å². The van der Waals surface area contributed by atoms with Gasteiger partial charge in [-0.2, -0.15) is 0 Å². The van der Waals surface area contributed by atoms with Gasteiger partial charge in [0.05, 0.1) is 12.8 Å². The first-order valence-corrected chi connectivity index (χ1v) is 12.7. The summed E-state index contributed by atoms with van der Waals surface area (Å²) in [4.78, 5) is 11.6. The molecule has 0 fully saturated rings. The van der Waals surface area contributed by atoms with Crippen molar-refractivity contribution < 1.29 is 18.0 Å². The molecule has 0 aliphatic carbocycles. The third kappa shape index (κ3) is 3.66. The molecule has 0 saturated carbocycles. The first-order chi connectivity index (χ1) is 16.7. The van der Waals surface area contributed by atoms with Gasteiger partial charge >= 0.3 is 8.24 Å². The molecule has 0 amide bonds. The molecule has 1 heterocycles. The van der Waals surface area contributed by atoms with Crippen LogP contribution in [-0.2, 0) is 0 Å². The van der Waals surface area contributed by atoms with Crippen LogP contribution in [0, 0.1) is 0 Å². The summed E-state index contributed by atoms with van der Waals surface area (Å²) in [5.41, 5.74) is 2.18. The molecule has 1 unspecified atom stereocenters. The van der Waals surface area contributed by atoms with Crippen LogP contribution in [0.15, 0.2) is 104 Å². The van der Waals surface area contributed by atoms with Crippen molar-refractivity contribution in [2.24, 2.45) is 0 Å². The highest BCUT2D eigenvalue weighted by Crippen LogP contribution is 2.42. The van der Waals surface area contributed by atoms with Crippen LogP contribution in [-0.4, -0.2) is 12.0 Å². The fourth-order valence-electron chi connectivity index (χ4n) is 4.26. The van der Waals surface area contributed by atoms with Gasteiger partial charge in [0.25, 0.3) is 0 Å². The van der Waals surface area contributed by atoms with E-state index in [0.717, 1.165) is 48.6 Å². The van der Waals surface area contributed by atoms with Crippen molar-refractivity contribution in [3.63, 3.8) is 0 Å². The van der Waals surface area contributed by atoms with E-state index in [1.165, 1.54) is 11.9 Å². The molecule has 0 aliphatic heterocycles. The van der Waals surface area contributed by atoms with Crippen molar-refractivity contribution in [3.05, 3.63) is 91.0 Å². The number of hydrogen-bond acceptors (Lipinski definition) is 6. The van der Waals surface area contributed by atoms with Gasteiger partial charge in [-0.15, -0.1) is 0 Å². The Kier molecular flexibility index (Phi) is 5.34. The molecule has 0 saturated heterocycles. The number of nitrogens with one attached hydrogen (secondary N) is 1. The van der Waals surface area contributed by atoms with Crippen LogP contribution >= 0.6 is 20.2 Å². The number of fused-ring (bicyclic) bond motifs is 7. The number of anilines is 1. The third-order valence-corrected chi connectivity index (χ3v) is 7.36. The van der Waals surface area contributed by atoms with E-state index in [9.17, 15) is 4.89 Å². The Morgan fingerprint density at radius 1 is 0.794 bits per heavy atom. The summed E-state index contributed by atoms with van der Waals surface area (Å²) in [7, 11) is -0.456. The minimum atomic E-state index is -2.12. The predicted molar refractivity (Wildman–Crippen MR) is 141 cm³/mol. The Bertz CT molecular complexity index is 1710. The topological polar surface area (TPSA) is 67.8 Å². The van der Waals surface area contributed by atoms with Gasteiger partial charge in [-0.05, 0) is 59.1 Å². The van der Waals surface area contributed by atoms with Crippen LogP contribution in [0.1, 0.15) is 0 Å². The van der Waals surface area contributed by atoms with E-state index in [1.807, 2.05) is 72.8 Å². The number of benzene rings is 5. The van der Waals surface area contributed by atoms with E-state index in [4.69, 9.17) is 13.1 Å². The Morgan fingerprint density at radius 2 is 1.53 bits per heavy atom. The molecule has 0 radical (unpaired) electrons. The summed E-state index contributed by atoms with van der Waals surface area (Å²) in [5.74, 6) is 0.820. The molecule has 6 rings (SSSR count). The minimum absolute atomic E-state index is 0.607. The summed E-state index contributed by atoms with van der Waals surface area (Å²) in [6.45, 7) is 0. The highest BCUT2D eigenvalue weighted by molar-refractivity contribution is 8.00. The molecular weight excluding hydrogens is 465 g/mol.